The lowest BCUT2D eigenvalue weighted by Crippen LogP contribution is -2.41. The Kier molecular flexibility index (Phi) is 4.15. The van der Waals surface area contributed by atoms with Crippen molar-refractivity contribution in [1.29, 1.82) is 0 Å². The van der Waals surface area contributed by atoms with Gasteiger partial charge in [-0.05, 0) is 39.9 Å². The zero-order valence-corrected chi connectivity index (χ0v) is 17.9. The van der Waals surface area contributed by atoms with Gasteiger partial charge in [0.05, 0.1) is 32.6 Å². The maximum atomic E-state index is 13.7. The molecule has 2 bridgehead atoms. The van der Waals surface area contributed by atoms with E-state index >= 15 is 0 Å². The topological polar surface area (TPSA) is 55.8 Å². The van der Waals surface area contributed by atoms with Crippen molar-refractivity contribution in [2.75, 3.05) is 14.2 Å². The smallest absolute Gasteiger partial charge is 0.234 e. The minimum absolute atomic E-state index is 0.0752. The van der Waals surface area contributed by atoms with Gasteiger partial charge in [-0.3, -0.25) is 14.5 Å². The van der Waals surface area contributed by atoms with Gasteiger partial charge in [-0.25, -0.2) is 0 Å². The predicted octanol–water partition coefficient (Wildman–Crippen LogP) is 4.10. The Labute approximate surface area is 186 Å². The summed E-state index contributed by atoms with van der Waals surface area (Å²) in [6.45, 7) is 0.233. The Hall–Kier alpha value is -3.60. The van der Waals surface area contributed by atoms with E-state index in [0.717, 1.165) is 5.56 Å². The van der Waals surface area contributed by atoms with Crippen molar-refractivity contribution in [1.82, 2.24) is 4.90 Å². The maximum Gasteiger partial charge on any atom is 0.234 e. The Balaban J connectivity index is 1.42. The number of carbonyl (C=O) groups excluding carboxylic acids is 2. The van der Waals surface area contributed by atoms with Gasteiger partial charge < -0.3 is 9.47 Å². The van der Waals surface area contributed by atoms with Crippen LogP contribution in [0.3, 0.4) is 0 Å². The third-order valence-electron chi connectivity index (χ3n) is 7.33. The Morgan fingerprint density at radius 1 is 0.688 bits per heavy atom. The van der Waals surface area contributed by atoms with Crippen LogP contribution in [0.1, 0.15) is 39.7 Å². The van der Waals surface area contributed by atoms with E-state index in [0.29, 0.717) is 11.5 Å². The molecule has 160 valence electrons. The van der Waals surface area contributed by atoms with Crippen LogP contribution in [0.2, 0.25) is 0 Å². The SMILES string of the molecule is COc1ccc(CN2C(=O)C3C4c5ccccc5C(c5ccccc54)C3C2=O)cc1OC. The van der Waals surface area contributed by atoms with Crippen molar-refractivity contribution in [2.24, 2.45) is 11.8 Å². The lowest BCUT2D eigenvalue weighted by atomic mass is 9.55. The van der Waals surface area contributed by atoms with Crippen molar-refractivity contribution < 1.29 is 19.1 Å². The van der Waals surface area contributed by atoms with Crippen LogP contribution in [0.25, 0.3) is 0 Å². The van der Waals surface area contributed by atoms with Gasteiger partial charge in [0.1, 0.15) is 0 Å². The monoisotopic (exact) mass is 425 g/mol. The van der Waals surface area contributed by atoms with E-state index in [1.807, 2.05) is 42.5 Å². The van der Waals surface area contributed by atoms with E-state index in [-0.39, 0.29) is 42.0 Å². The summed E-state index contributed by atoms with van der Waals surface area (Å²) in [5.41, 5.74) is 5.58. The highest BCUT2D eigenvalue weighted by Crippen LogP contribution is 2.61. The third-order valence-corrected chi connectivity index (χ3v) is 7.33. The zero-order valence-electron chi connectivity index (χ0n) is 17.9. The highest BCUT2D eigenvalue weighted by Gasteiger charge is 2.61. The molecule has 7 rings (SSSR count). The number of carbonyl (C=O) groups is 2. The van der Waals surface area contributed by atoms with Crippen LogP contribution in [0, 0.1) is 11.8 Å². The van der Waals surface area contributed by atoms with Gasteiger partial charge in [-0.15, -0.1) is 0 Å². The van der Waals surface area contributed by atoms with Gasteiger partial charge in [0.2, 0.25) is 11.8 Å². The number of imide groups is 1. The molecule has 2 unspecified atom stereocenters. The fourth-order valence-electron chi connectivity index (χ4n) is 6.06. The zero-order chi connectivity index (χ0) is 22.0. The van der Waals surface area contributed by atoms with Gasteiger partial charge in [0.15, 0.2) is 11.5 Å². The summed E-state index contributed by atoms with van der Waals surface area (Å²) in [4.78, 5) is 28.8. The molecule has 2 amide bonds. The van der Waals surface area contributed by atoms with Crippen LogP contribution in [0.4, 0.5) is 0 Å². The quantitative estimate of drug-likeness (QED) is 0.591. The molecule has 0 saturated carbocycles. The van der Waals surface area contributed by atoms with E-state index in [4.69, 9.17) is 9.47 Å². The van der Waals surface area contributed by atoms with E-state index in [9.17, 15) is 9.59 Å². The predicted molar refractivity (Wildman–Crippen MR) is 119 cm³/mol. The summed E-state index contributed by atoms with van der Waals surface area (Å²) in [7, 11) is 3.16. The Morgan fingerprint density at radius 2 is 1.16 bits per heavy atom. The van der Waals surface area contributed by atoms with Crippen LogP contribution in [0.15, 0.2) is 66.7 Å². The first-order chi connectivity index (χ1) is 15.6. The molecule has 0 aromatic heterocycles. The molecule has 32 heavy (non-hydrogen) atoms. The third kappa shape index (κ3) is 2.45. The van der Waals surface area contributed by atoms with Crippen LogP contribution in [-0.2, 0) is 16.1 Å². The number of amides is 2. The molecule has 1 saturated heterocycles. The minimum atomic E-state index is -0.350. The van der Waals surface area contributed by atoms with E-state index in [1.54, 1.807) is 14.2 Å². The molecule has 0 radical (unpaired) electrons. The number of rotatable bonds is 4. The van der Waals surface area contributed by atoms with E-state index in [2.05, 4.69) is 24.3 Å². The molecule has 0 spiro atoms. The fraction of sp³-hybridized carbons (Fsp3) is 0.259. The molecule has 1 aliphatic heterocycles. The fourth-order valence-corrected chi connectivity index (χ4v) is 6.06. The molecule has 0 N–H and O–H groups in total. The van der Waals surface area contributed by atoms with Gasteiger partial charge in [0, 0.05) is 11.8 Å². The highest BCUT2D eigenvalue weighted by molar-refractivity contribution is 6.07. The molecule has 3 aliphatic carbocycles. The largest absolute Gasteiger partial charge is 0.493 e. The average molecular weight is 425 g/mol. The Morgan fingerprint density at radius 3 is 1.59 bits per heavy atom. The van der Waals surface area contributed by atoms with Crippen molar-refractivity contribution in [3.8, 4) is 11.5 Å². The second kappa shape index (κ2) is 6.95. The molecular formula is C27H23NO4. The molecule has 5 nitrogen and oxygen atoms in total. The second-order valence-corrected chi connectivity index (χ2v) is 8.72. The number of hydrogen-bond donors (Lipinski definition) is 0. The van der Waals surface area contributed by atoms with Crippen LogP contribution < -0.4 is 9.47 Å². The minimum Gasteiger partial charge on any atom is -0.493 e. The van der Waals surface area contributed by atoms with Gasteiger partial charge >= 0.3 is 0 Å². The van der Waals surface area contributed by atoms with E-state index < -0.39 is 0 Å². The lowest BCUT2D eigenvalue weighted by molar-refractivity contribution is -0.140. The van der Waals surface area contributed by atoms with Crippen molar-refractivity contribution >= 4 is 11.8 Å². The maximum absolute atomic E-state index is 13.7. The molecular weight excluding hydrogens is 402 g/mol. The number of hydrogen-bond acceptors (Lipinski definition) is 4. The molecule has 4 aliphatic rings. The number of methoxy groups -OCH3 is 2. The van der Waals surface area contributed by atoms with Crippen LogP contribution >= 0.6 is 0 Å². The number of ether oxygens (including phenoxy) is 2. The molecule has 1 fully saturated rings. The van der Waals surface area contributed by atoms with Crippen LogP contribution in [-0.4, -0.2) is 30.9 Å². The first-order valence-corrected chi connectivity index (χ1v) is 10.9. The van der Waals surface area contributed by atoms with Gasteiger partial charge in [-0.1, -0.05) is 54.6 Å². The first-order valence-electron chi connectivity index (χ1n) is 10.9. The van der Waals surface area contributed by atoms with Crippen molar-refractivity contribution in [2.45, 2.75) is 18.4 Å². The number of likely N-dealkylation sites (tertiary alicyclic amines) is 1. The Bertz CT molecular complexity index is 1150. The summed E-state index contributed by atoms with van der Waals surface area (Å²) in [5.74, 6) is 0.195. The van der Waals surface area contributed by atoms with Gasteiger partial charge in [-0.2, -0.15) is 0 Å². The summed E-state index contributed by atoms with van der Waals surface area (Å²) in [5, 5.41) is 0. The highest BCUT2D eigenvalue weighted by atomic mass is 16.5. The normalized spacial score (nSPS) is 24.8. The van der Waals surface area contributed by atoms with Crippen LogP contribution in [0.5, 0.6) is 11.5 Å². The molecule has 5 heteroatoms. The first kappa shape index (κ1) is 19.1. The summed E-state index contributed by atoms with van der Waals surface area (Å²) >= 11 is 0. The van der Waals surface area contributed by atoms with Gasteiger partial charge in [0.25, 0.3) is 0 Å². The molecule has 3 aromatic rings. The number of benzene rings is 3. The second-order valence-electron chi connectivity index (χ2n) is 8.72. The summed E-state index contributed by atoms with van der Waals surface area (Å²) < 4.78 is 10.7. The summed E-state index contributed by atoms with van der Waals surface area (Å²) in [6.07, 6.45) is 0. The summed E-state index contributed by atoms with van der Waals surface area (Å²) in [6, 6.07) is 22.1. The number of nitrogens with zero attached hydrogens (tertiary/aromatic N) is 1. The van der Waals surface area contributed by atoms with Crippen molar-refractivity contribution in [3.63, 3.8) is 0 Å². The standard InChI is InChI=1S/C27H23NO4/c1-31-20-12-11-15(13-21(20)32-2)14-28-26(29)24-22-16-7-3-4-8-17(16)23(25(24)27(28)30)19-10-6-5-9-18(19)22/h3-13,22-25H,14H2,1-2H3. The molecule has 3 aromatic carbocycles. The van der Waals surface area contributed by atoms with Crippen molar-refractivity contribution in [3.05, 3.63) is 94.5 Å². The lowest BCUT2D eigenvalue weighted by Gasteiger charge is -2.45. The van der Waals surface area contributed by atoms with E-state index in [1.165, 1.54) is 27.2 Å². The average Bonchev–Trinajstić information content (AvgIpc) is 3.09. The molecule has 1 heterocycles. The molecule has 2 atom stereocenters.